The minimum atomic E-state index is 0.770. The lowest BCUT2D eigenvalue weighted by Crippen LogP contribution is -2.26. The molecule has 0 saturated carbocycles. The van der Waals surface area contributed by atoms with Gasteiger partial charge in [0.15, 0.2) is 0 Å². The van der Waals surface area contributed by atoms with Gasteiger partial charge in [-0.05, 0) is 42.9 Å². The number of anilines is 1. The Balaban J connectivity index is 1.82. The predicted octanol–water partition coefficient (Wildman–Crippen LogP) is 2.67. The van der Waals surface area contributed by atoms with E-state index in [0.717, 1.165) is 32.1 Å². The van der Waals surface area contributed by atoms with Gasteiger partial charge in [-0.15, -0.1) is 0 Å². The van der Waals surface area contributed by atoms with E-state index < -0.39 is 0 Å². The van der Waals surface area contributed by atoms with E-state index in [2.05, 4.69) is 46.4 Å². The van der Waals surface area contributed by atoms with Crippen LogP contribution in [0.1, 0.15) is 13.3 Å². The van der Waals surface area contributed by atoms with E-state index in [1.165, 1.54) is 22.9 Å². The molecule has 0 spiro atoms. The van der Waals surface area contributed by atoms with E-state index in [9.17, 15) is 0 Å². The van der Waals surface area contributed by atoms with Crippen molar-refractivity contribution in [3.8, 4) is 0 Å². The molecule has 1 unspecified atom stereocenters. The van der Waals surface area contributed by atoms with Crippen molar-refractivity contribution < 1.29 is 0 Å². The molecule has 1 fully saturated rings. The SMILES string of the molecule is CCNCC1CCN(c2cccc3ccncc23)C1. The summed E-state index contributed by atoms with van der Waals surface area (Å²) in [6.07, 6.45) is 5.13. The number of rotatable bonds is 4. The highest BCUT2D eigenvalue weighted by molar-refractivity contribution is 5.93. The Kier molecular flexibility index (Phi) is 3.65. The molecule has 1 aromatic carbocycles. The van der Waals surface area contributed by atoms with Crippen LogP contribution >= 0.6 is 0 Å². The molecule has 1 atom stereocenters. The van der Waals surface area contributed by atoms with Gasteiger partial charge in [0.2, 0.25) is 0 Å². The number of nitrogens with zero attached hydrogens (tertiary/aromatic N) is 2. The van der Waals surface area contributed by atoms with Crippen LogP contribution in [0, 0.1) is 5.92 Å². The summed E-state index contributed by atoms with van der Waals surface area (Å²) >= 11 is 0. The maximum Gasteiger partial charge on any atom is 0.0461 e. The molecule has 3 nitrogen and oxygen atoms in total. The molecule has 1 aliphatic rings. The molecular weight excluding hydrogens is 234 g/mol. The van der Waals surface area contributed by atoms with Gasteiger partial charge in [0.25, 0.3) is 0 Å². The van der Waals surface area contributed by atoms with Gasteiger partial charge in [0, 0.05) is 36.6 Å². The monoisotopic (exact) mass is 255 g/mol. The van der Waals surface area contributed by atoms with Crippen LogP contribution in [0.3, 0.4) is 0 Å². The zero-order valence-corrected chi connectivity index (χ0v) is 11.5. The van der Waals surface area contributed by atoms with Crippen LogP contribution in [0.25, 0.3) is 10.8 Å². The zero-order valence-electron chi connectivity index (χ0n) is 11.5. The highest BCUT2D eigenvalue weighted by Crippen LogP contribution is 2.30. The largest absolute Gasteiger partial charge is 0.371 e. The Hall–Kier alpha value is -1.61. The number of benzene rings is 1. The molecule has 3 rings (SSSR count). The number of fused-ring (bicyclic) bond motifs is 1. The highest BCUT2D eigenvalue weighted by Gasteiger charge is 2.23. The van der Waals surface area contributed by atoms with Crippen LogP contribution in [-0.2, 0) is 0 Å². The second-order valence-corrected chi connectivity index (χ2v) is 5.28. The Morgan fingerprint density at radius 1 is 1.37 bits per heavy atom. The maximum absolute atomic E-state index is 4.27. The maximum atomic E-state index is 4.27. The minimum absolute atomic E-state index is 0.770. The molecule has 0 amide bonds. The van der Waals surface area contributed by atoms with E-state index in [0.29, 0.717) is 0 Å². The summed E-state index contributed by atoms with van der Waals surface area (Å²) in [5, 5.41) is 6.01. The smallest absolute Gasteiger partial charge is 0.0461 e. The predicted molar refractivity (Wildman–Crippen MR) is 80.6 cm³/mol. The molecule has 1 N–H and O–H groups in total. The lowest BCUT2D eigenvalue weighted by molar-refractivity contribution is 0.528. The Labute approximate surface area is 114 Å². The van der Waals surface area contributed by atoms with Crippen molar-refractivity contribution in [2.45, 2.75) is 13.3 Å². The summed E-state index contributed by atoms with van der Waals surface area (Å²) in [7, 11) is 0. The molecule has 100 valence electrons. The van der Waals surface area contributed by atoms with E-state index in [1.54, 1.807) is 0 Å². The summed E-state index contributed by atoms with van der Waals surface area (Å²) in [4.78, 5) is 6.78. The highest BCUT2D eigenvalue weighted by atomic mass is 15.2. The number of pyridine rings is 1. The van der Waals surface area contributed by atoms with Gasteiger partial charge < -0.3 is 10.2 Å². The summed E-state index contributed by atoms with van der Waals surface area (Å²) in [6.45, 7) is 6.68. The molecule has 19 heavy (non-hydrogen) atoms. The topological polar surface area (TPSA) is 28.2 Å². The van der Waals surface area contributed by atoms with Crippen molar-refractivity contribution >= 4 is 16.5 Å². The van der Waals surface area contributed by atoms with Crippen molar-refractivity contribution in [1.82, 2.24) is 10.3 Å². The zero-order chi connectivity index (χ0) is 13.1. The molecular formula is C16H21N3. The normalized spacial score (nSPS) is 19.2. The van der Waals surface area contributed by atoms with E-state index in [1.807, 2.05) is 12.4 Å². The first kappa shape index (κ1) is 12.4. The van der Waals surface area contributed by atoms with Crippen LogP contribution in [0.5, 0.6) is 0 Å². The van der Waals surface area contributed by atoms with E-state index in [4.69, 9.17) is 0 Å². The van der Waals surface area contributed by atoms with Crippen LogP contribution in [-0.4, -0.2) is 31.2 Å². The average Bonchev–Trinajstić information content (AvgIpc) is 2.93. The van der Waals surface area contributed by atoms with Gasteiger partial charge in [0.1, 0.15) is 0 Å². The van der Waals surface area contributed by atoms with Gasteiger partial charge in [-0.25, -0.2) is 0 Å². The quantitative estimate of drug-likeness (QED) is 0.910. The van der Waals surface area contributed by atoms with Crippen LogP contribution < -0.4 is 10.2 Å². The molecule has 0 radical (unpaired) electrons. The average molecular weight is 255 g/mol. The van der Waals surface area contributed by atoms with Crippen LogP contribution in [0.2, 0.25) is 0 Å². The number of hydrogen-bond acceptors (Lipinski definition) is 3. The van der Waals surface area contributed by atoms with E-state index in [-0.39, 0.29) is 0 Å². The molecule has 1 aromatic heterocycles. The van der Waals surface area contributed by atoms with Gasteiger partial charge in [-0.1, -0.05) is 19.1 Å². The third kappa shape index (κ3) is 2.56. The molecule has 3 heteroatoms. The van der Waals surface area contributed by atoms with Gasteiger partial charge in [-0.3, -0.25) is 4.98 Å². The first-order chi connectivity index (χ1) is 9.38. The van der Waals surface area contributed by atoms with Crippen LogP contribution in [0.4, 0.5) is 5.69 Å². The third-order valence-corrected chi connectivity index (χ3v) is 3.97. The second kappa shape index (κ2) is 5.57. The van der Waals surface area contributed by atoms with Crippen molar-refractivity contribution in [1.29, 1.82) is 0 Å². The fourth-order valence-corrected chi connectivity index (χ4v) is 2.94. The van der Waals surface area contributed by atoms with Gasteiger partial charge in [-0.2, -0.15) is 0 Å². The molecule has 1 aliphatic heterocycles. The number of nitrogens with one attached hydrogen (secondary N) is 1. The van der Waals surface area contributed by atoms with Crippen molar-refractivity contribution in [2.24, 2.45) is 5.92 Å². The third-order valence-electron chi connectivity index (χ3n) is 3.97. The molecule has 1 saturated heterocycles. The second-order valence-electron chi connectivity index (χ2n) is 5.28. The molecule has 0 bridgehead atoms. The van der Waals surface area contributed by atoms with Crippen molar-refractivity contribution in [3.05, 3.63) is 36.7 Å². The number of hydrogen-bond donors (Lipinski definition) is 1. The number of aromatic nitrogens is 1. The van der Waals surface area contributed by atoms with Gasteiger partial charge >= 0.3 is 0 Å². The Morgan fingerprint density at radius 2 is 2.32 bits per heavy atom. The van der Waals surface area contributed by atoms with Crippen LogP contribution in [0.15, 0.2) is 36.7 Å². The summed E-state index contributed by atoms with van der Waals surface area (Å²) < 4.78 is 0. The van der Waals surface area contributed by atoms with E-state index >= 15 is 0 Å². The Morgan fingerprint density at radius 3 is 3.21 bits per heavy atom. The standard InChI is InChI=1S/C16H21N3/c1-2-17-10-13-7-9-19(12-13)16-5-3-4-14-6-8-18-11-15(14)16/h3-6,8,11,13,17H,2,7,9-10,12H2,1H3. The summed E-state index contributed by atoms with van der Waals surface area (Å²) in [5.74, 6) is 0.770. The summed E-state index contributed by atoms with van der Waals surface area (Å²) in [6, 6.07) is 8.62. The fraction of sp³-hybridized carbons (Fsp3) is 0.438. The lowest BCUT2D eigenvalue weighted by Gasteiger charge is -2.20. The molecule has 2 aromatic rings. The minimum Gasteiger partial charge on any atom is -0.371 e. The summed E-state index contributed by atoms with van der Waals surface area (Å²) in [5.41, 5.74) is 1.34. The Bertz CT molecular complexity index is 547. The van der Waals surface area contributed by atoms with Gasteiger partial charge in [0.05, 0.1) is 0 Å². The van der Waals surface area contributed by atoms with Crippen molar-refractivity contribution in [2.75, 3.05) is 31.1 Å². The lowest BCUT2D eigenvalue weighted by atomic mass is 10.1. The first-order valence-electron chi connectivity index (χ1n) is 7.17. The fourth-order valence-electron chi connectivity index (χ4n) is 2.94. The van der Waals surface area contributed by atoms with Crippen molar-refractivity contribution in [3.63, 3.8) is 0 Å². The molecule has 2 heterocycles. The molecule has 0 aliphatic carbocycles. The first-order valence-corrected chi connectivity index (χ1v) is 7.17.